The maximum absolute atomic E-state index is 4.87. The largest absolute Gasteiger partial charge is 0.309 e. The minimum atomic E-state index is -0.0836. The first-order valence-corrected chi connectivity index (χ1v) is 18.7. The Morgan fingerprint density at radius 3 is 1.28 bits per heavy atom. The molecule has 12 rings (SSSR count). The molecule has 11 aromatic rings. The van der Waals surface area contributed by atoms with E-state index in [9.17, 15) is 0 Å². The first-order chi connectivity index (χ1) is 26.6. The summed E-state index contributed by atoms with van der Waals surface area (Å²) in [5.74, 6) is 0. The number of para-hydroxylation sites is 4. The summed E-state index contributed by atoms with van der Waals surface area (Å²) in [5, 5.41) is 7.50. The van der Waals surface area contributed by atoms with E-state index in [1.165, 1.54) is 82.1 Å². The molecule has 4 nitrogen and oxygen atoms in total. The maximum atomic E-state index is 4.87. The highest BCUT2D eigenvalue weighted by Crippen LogP contribution is 2.48. The highest BCUT2D eigenvalue weighted by atomic mass is 15.0. The van der Waals surface area contributed by atoms with Crippen LogP contribution in [-0.2, 0) is 5.41 Å². The van der Waals surface area contributed by atoms with Crippen molar-refractivity contribution in [3.05, 3.63) is 181 Å². The van der Waals surface area contributed by atoms with E-state index in [4.69, 9.17) is 4.98 Å². The van der Waals surface area contributed by atoms with Crippen molar-refractivity contribution in [2.45, 2.75) is 19.3 Å². The SMILES string of the molecule is CC1(C)c2ccc(-n3c4ccccc4c4cc(-n5c6ccccc6c6cc(-n7c8ccccc8c8ccccc87)ccc65)ccc43)cc2-c2ncccc21. The molecular weight excluding hydrogens is 657 g/mol. The summed E-state index contributed by atoms with van der Waals surface area (Å²) in [6.45, 7) is 4.61. The Hall–Kier alpha value is -6.91. The predicted octanol–water partition coefficient (Wildman–Crippen LogP) is 12.7. The number of benzene rings is 7. The van der Waals surface area contributed by atoms with Gasteiger partial charge in [-0.25, -0.2) is 0 Å². The van der Waals surface area contributed by atoms with Crippen LogP contribution < -0.4 is 0 Å². The van der Waals surface area contributed by atoms with Gasteiger partial charge >= 0.3 is 0 Å². The Bertz CT molecular complexity index is 3320. The van der Waals surface area contributed by atoms with Gasteiger partial charge in [0.25, 0.3) is 0 Å². The molecule has 1 aliphatic rings. The predicted molar refractivity (Wildman–Crippen MR) is 225 cm³/mol. The summed E-state index contributed by atoms with van der Waals surface area (Å²) in [7, 11) is 0. The van der Waals surface area contributed by atoms with Gasteiger partial charge in [0.15, 0.2) is 0 Å². The third-order valence-electron chi connectivity index (χ3n) is 12.1. The third kappa shape index (κ3) is 3.84. The molecule has 0 radical (unpaired) electrons. The Balaban J connectivity index is 1.07. The van der Waals surface area contributed by atoms with Gasteiger partial charge in [-0.05, 0) is 90.0 Å². The molecule has 0 saturated carbocycles. The van der Waals surface area contributed by atoms with Crippen LogP contribution in [0, 0.1) is 0 Å². The molecule has 0 spiro atoms. The third-order valence-corrected chi connectivity index (χ3v) is 12.1. The molecule has 0 fully saturated rings. The molecule has 0 saturated heterocycles. The maximum Gasteiger partial charge on any atom is 0.0746 e. The Kier molecular flexibility index (Phi) is 5.81. The van der Waals surface area contributed by atoms with Crippen LogP contribution in [0.1, 0.15) is 25.0 Å². The monoisotopic (exact) mass is 690 g/mol. The number of rotatable bonds is 3. The number of pyridine rings is 1. The summed E-state index contributed by atoms with van der Waals surface area (Å²) < 4.78 is 7.27. The van der Waals surface area contributed by atoms with Crippen LogP contribution in [0.2, 0.25) is 0 Å². The smallest absolute Gasteiger partial charge is 0.0746 e. The molecule has 0 aliphatic heterocycles. The van der Waals surface area contributed by atoms with Crippen molar-refractivity contribution >= 4 is 65.4 Å². The lowest BCUT2D eigenvalue weighted by Gasteiger charge is -2.21. The second-order valence-corrected chi connectivity index (χ2v) is 15.2. The number of aromatic nitrogens is 4. The van der Waals surface area contributed by atoms with Crippen LogP contribution in [0.15, 0.2) is 170 Å². The van der Waals surface area contributed by atoms with Crippen molar-refractivity contribution in [3.63, 3.8) is 0 Å². The van der Waals surface area contributed by atoms with Gasteiger partial charge < -0.3 is 13.7 Å². The summed E-state index contributed by atoms with van der Waals surface area (Å²) >= 11 is 0. The Morgan fingerprint density at radius 1 is 0.370 bits per heavy atom. The molecule has 4 heterocycles. The summed E-state index contributed by atoms with van der Waals surface area (Å²) in [6.07, 6.45) is 1.92. The first kappa shape index (κ1) is 29.6. The molecule has 254 valence electrons. The second kappa shape index (κ2) is 10.6. The molecule has 4 aromatic heterocycles. The van der Waals surface area contributed by atoms with E-state index in [2.05, 4.69) is 191 Å². The zero-order valence-electron chi connectivity index (χ0n) is 30.0. The van der Waals surface area contributed by atoms with Gasteiger partial charge in [0.05, 0.1) is 38.8 Å². The van der Waals surface area contributed by atoms with Crippen molar-refractivity contribution in [1.82, 2.24) is 18.7 Å². The number of hydrogen-bond donors (Lipinski definition) is 0. The lowest BCUT2D eigenvalue weighted by atomic mass is 9.83. The Labute approximate surface area is 311 Å². The minimum absolute atomic E-state index is 0.0836. The van der Waals surface area contributed by atoms with Crippen LogP contribution in [0.5, 0.6) is 0 Å². The molecular formula is C50H34N4. The van der Waals surface area contributed by atoms with E-state index in [0.29, 0.717) is 0 Å². The van der Waals surface area contributed by atoms with Gasteiger partial charge in [-0.2, -0.15) is 0 Å². The fourth-order valence-corrected chi connectivity index (χ4v) is 9.64. The first-order valence-electron chi connectivity index (χ1n) is 18.7. The molecule has 0 amide bonds. The lowest BCUT2D eigenvalue weighted by Crippen LogP contribution is -2.15. The second-order valence-electron chi connectivity index (χ2n) is 15.2. The van der Waals surface area contributed by atoms with Crippen molar-refractivity contribution in [2.24, 2.45) is 0 Å². The highest BCUT2D eigenvalue weighted by Gasteiger charge is 2.36. The van der Waals surface area contributed by atoms with Crippen LogP contribution in [-0.4, -0.2) is 18.7 Å². The highest BCUT2D eigenvalue weighted by molar-refractivity contribution is 6.14. The fourth-order valence-electron chi connectivity index (χ4n) is 9.64. The zero-order chi connectivity index (χ0) is 35.7. The standard InChI is InChI=1S/C50H34N4/c1-50(2)41-24-21-31(30-40(41)49-42(50)16-11-27-51-49)53-45-19-9-5-14-36(45)39-29-33(23-26-47(39)53)54-46-20-10-6-15-37(46)38-28-32(22-25-48(38)54)52-43-17-7-3-12-34(43)35-13-4-8-18-44(35)52/h3-30H,1-2H3. The van der Waals surface area contributed by atoms with Crippen molar-refractivity contribution in [3.8, 4) is 28.3 Å². The number of hydrogen-bond acceptors (Lipinski definition) is 1. The van der Waals surface area contributed by atoms with Gasteiger partial charge in [-0.1, -0.05) is 98.8 Å². The van der Waals surface area contributed by atoms with E-state index >= 15 is 0 Å². The Morgan fingerprint density at radius 2 is 0.778 bits per heavy atom. The minimum Gasteiger partial charge on any atom is -0.309 e. The van der Waals surface area contributed by atoms with E-state index < -0.39 is 0 Å². The summed E-state index contributed by atoms with van der Waals surface area (Å²) in [6, 6.07) is 60.2. The molecule has 0 N–H and O–H groups in total. The molecule has 0 bridgehead atoms. The number of nitrogens with zero attached hydrogens (tertiary/aromatic N) is 4. The van der Waals surface area contributed by atoms with Gasteiger partial charge in [-0.15, -0.1) is 0 Å². The number of fused-ring (bicyclic) bond motifs is 12. The average Bonchev–Trinajstić information content (AvgIpc) is 3.91. The van der Waals surface area contributed by atoms with Crippen molar-refractivity contribution < 1.29 is 0 Å². The van der Waals surface area contributed by atoms with Gasteiger partial charge in [0.2, 0.25) is 0 Å². The normalized spacial score (nSPS) is 13.5. The topological polar surface area (TPSA) is 27.7 Å². The molecule has 4 heteroatoms. The van der Waals surface area contributed by atoms with Gasteiger partial charge in [0.1, 0.15) is 0 Å². The zero-order valence-corrected chi connectivity index (χ0v) is 30.0. The van der Waals surface area contributed by atoms with Crippen molar-refractivity contribution in [2.75, 3.05) is 0 Å². The van der Waals surface area contributed by atoms with Crippen LogP contribution in [0.25, 0.3) is 93.7 Å². The van der Waals surface area contributed by atoms with E-state index in [1.54, 1.807) is 0 Å². The summed E-state index contributed by atoms with van der Waals surface area (Å²) in [5.41, 5.74) is 15.5. The van der Waals surface area contributed by atoms with E-state index in [1.807, 2.05) is 6.20 Å². The molecule has 1 aliphatic carbocycles. The quantitative estimate of drug-likeness (QED) is 0.181. The molecule has 0 unspecified atom stereocenters. The van der Waals surface area contributed by atoms with Crippen molar-refractivity contribution in [1.29, 1.82) is 0 Å². The fraction of sp³-hybridized carbons (Fsp3) is 0.0600. The van der Waals surface area contributed by atoms with Crippen LogP contribution in [0.3, 0.4) is 0 Å². The van der Waals surface area contributed by atoms with E-state index in [0.717, 1.165) is 22.8 Å². The summed E-state index contributed by atoms with van der Waals surface area (Å²) in [4.78, 5) is 4.87. The lowest BCUT2D eigenvalue weighted by molar-refractivity contribution is 0.659. The molecule has 54 heavy (non-hydrogen) atoms. The van der Waals surface area contributed by atoms with Gasteiger partial charge in [0, 0.05) is 66.6 Å². The van der Waals surface area contributed by atoms with Crippen LogP contribution >= 0.6 is 0 Å². The average molecular weight is 691 g/mol. The molecule has 7 aromatic carbocycles. The molecule has 0 atom stereocenters. The van der Waals surface area contributed by atoms with Crippen LogP contribution in [0.4, 0.5) is 0 Å². The van der Waals surface area contributed by atoms with E-state index in [-0.39, 0.29) is 5.41 Å². The van der Waals surface area contributed by atoms with Gasteiger partial charge in [-0.3, -0.25) is 4.98 Å².